The van der Waals surface area contributed by atoms with Crippen molar-refractivity contribution in [1.82, 2.24) is 10.2 Å². The third-order valence-electron chi connectivity index (χ3n) is 2.79. The number of aryl methyl sites for hydroxylation is 1. The van der Waals surface area contributed by atoms with Gasteiger partial charge < -0.3 is 5.11 Å². The Bertz CT molecular complexity index is 394. The van der Waals surface area contributed by atoms with Crippen LogP contribution in [0.3, 0.4) is 0 Å². The van der Waals surface area contributed by atoms with Crippen molar-refractivity contribution in [1.29, 1.82) is 0 Å². The van der Waals surface area contributed by atoms with Gasteiger partial charge in [-0.05, 0) is 6.42 Å². The van der Waals surface area contributed by atoms with Crippen molar-refractivity contribution in [2.75, 3.05) is 11.4 Å². The average molecular weight is 255 g/mol. The Balaban J connectivity index is 1.96. The molecule has 1 unspecified atom stereocenters. The number of carbonyl (C=O) groups excluding carboxylic acids is 1. The number of carbonyl (C=O) groups is 1. The van der Waals surface area contributed by atoms with Crippen LogP contribution < -0.4 is 4.90 Å². The first-order valence-electron chi connectivity index (χ1n) is 6.01. The molecule has 1 saturated heterocycles. The molecule has 6 heteroatoms. The lowest BCUT2D eigenvalue weighted by molar-refractivity contribution is -0.117. The number of aromatic nitrogens is 2. The SMILES string of the molecule is CCCCCc1nnc(N2CC(O)CC2=O)s1. The molecule has 0 saturated carbocycles. The molecule has 0 bridgehead atoms. The first kappa shape index (κ1) is 12.4. The fourth-order valence-electron chi connectivity index (χ4n) is 1.85. The fraction of sp³-hybridized carbons (Fsp3) is 0.727. The van der Waals surface area contributed by atoms with Gasteiger partial charge in [-0.2, -0.15) is 0 Å². The van der Waals surface area contributed by atoms with Gasteiger partial charge in [-0.25, -0.2) is 0 Å². The van der Waals surface area contributed by atoms with Crippen LogP contribution in [0.4, 0.5) is 5.13 Å². The molecule has 17 heavy (non-hydrogen) atoms. The van der Waals surface area contributed by atoms with Crippen molar-refractivity contribution in [2.45, 2.75) is 45.1 Å². The summed E-state index contributed by atoms with van der Waals surface area (Å²) in [6, 6.07) is 0. The Morgan fingerprint density at radius 3 is 2.94 bits per heavy atom. The molecule has 0 aliphatic carbocycles. The van der Waals surface area contributed by atoms with Gasteiger partial charge in [0.15, 0.2) is 0 Å². The lowest BCUT2D eigenvalue weighted by atomic mass is 10.2. The Labute approximate surface area is 104 Å². The molecule has 0 radical (unpaired) electrons. The molecule has 1 aromatic heterocycles. The van der Waals surface area contributed by atoms with Crippen LogP contribution in [-0.4, -0.2) is 33.9 Å². The summed E-state index contributed by atoms with van der Waals surface area (Å²) in [4.78, 5) is 13.1. The minimum Gasteiger partial charge on any atom is -0.391 e. The second-order valence-electron chi connectivity index (χ2n) is 4.30. The second kappa shape index (κ2) is 5.55. The summed E-state index contributed by atoms with van der Waals surface area (Å²) >= 11 is 1.46. The zero-order chi connectivity index (χ0) is 12.3. The van der Waals surface area contributed by atoms with Crippen LogP contribution in [0, 0.1) is 0 Å². The van der Waals surface area contributed by atoms with Crippen molar-refractivity contribution in [3.05, 3.63) is 5.01 Å². The van der Waals surface area contributed by atoms with Gasteiger partial charge in [0.1, 0.15) is 5.01 Å². The third-order valence-corrected chi connectivity index (χ3v) is 3.79. The van der Waals surface area contributed by atoms with Gasteiger partial charge in [0.2, 0.25) is 11.0 Å². The van der Waals surface area contributed by atoms with Gasteiger partial charge >= 0.3 is 0 Å². The maximum atomic E-state index is 11.6. The van der Waals surface area contributed by atoms with Crippen molar-refractivity contribution in [2.24, 2.45) is 0 Å². The quantitative estimate of drug-likeness (QED) is 0.807. The standard InChI is InChI=1S/C11H17N3O2S/c1-2-3-4-5-9-12-13-11(17-9)14-7-8(15)6-10(14)16/h8,15H,2-7H2,1H3. The number of anilines is 1. The second-order valence-corrected chi connectivity index (χ2v) is 5.34. The van der Waals surface area contributed by atoms with Crippen LogP contribution in [0.15, 0.2) is 0 Å². The van der Waals surface area contributed by atoms with E-state index in [-0.39, 0.29) is 12.3 Å². The zero-order valence-electron chi connectivity index (χ0n) is 9.93. The van der Waals surface area contributed by atoms with E-state index < -0.39 is 6.10 Å². The van der Waals surface area contributed by atoms with Crippen molar-refractivity contribution in [3.63, 3.8) is 0 Å². The van der Waals surface area contributed by atoms with E-state index in [0.717, 1.165) is 17.8 Å². The highest BCUT2D eigenvalue weighted by Gasteiger charge is 2.31. The van der Waals surface area contributed by atoms with E-state index in [0.29, 0.717) is 11.7 Å². The first-order chi connectivity index (χ1) is 8.20. The molecule has 94 valence electrons. The number of hydrogen-bond acceptors (Lipinski definition) is 5. The maximum Gasteiger partial charge on any atom is 0.231 e. The average Bonchev–Trinajstić information content (AvgIpc) is 2.86. The number of aliphatic hydroxyl groups is 1. The summed E-state index contributed by atoms with van der Waals surface area (Å²) in [6.45, 7) is 2.51. The van der Waals surface area contributed by atoms with E-state index in [1.54, 1.807) is 0 Å². The Kier molecular flexibility index (Phi) is 4.06. The third kappa shape index (κ3) is 3.01. The first-order valence-corrected chi connectivity index (χ1v) is 6.83. The molecular weight excluding hydrogens is 238 g/mol. The van der Waals surface area contributed by atoms with Gasteiger partial charge in [0.05, 0.1) is 19.1 Å². The molecule has 1 amide bonds. The molecule has 1 N–H and O–H groups in total. The van der Waals surface area contributed by atoms with Gasteiger partial charge in [0.25, 0.3) is 0 Å². The van der Waals surface area contributed by atoms with E-state index >= 15 is 0 Å². The van der Waals surface area contributed by atoms with E-state index in [1.807, 2.05) is 0 Å². The fourth-order valence-corrected chi connectivity index (χ4v) is 2.76. The topological polar surface area (TPSA) is 66.3 Å². The summed E-state index contributed by atoms with van der Waals surface area (Å²) in [5.74, 6) is -0.0613. The van der Waals surface area contributed by atoms with Gasteiger partial charge in [-0.15, -0.1) is 10.2 Å². The predicted molar refractivity (Wildman–Crippen MR) is 66.1 cm³/mol. The van der Waals surface area contributed by atoms with Crippen LogP contribution in [0.1, 0.15) is 37.6 Å². The van der Waals surface area contributed by atoms with E-state index in [1.165, 1.54) is 29.1 Å². The lowest BCUT2D eigenvalue weighted by Crippen LogP contribution is -2.24. The molecule has 2 rings (SSSR count). The van der Waals surface area contributed by atoms with Gasteiger partial charge in [-0.1, -0.05) is 31.1 Å². The summed E-state index contributed by atoms with van der Waals surface area (Å²) in [6.07, 6.45) is 4.05. The van der Waals surface area contributed by atoms with Gasteiger partial charge in [0, 0.05) is 6.42 Å². The number of aliphatic hydroxyl groups excluding tert-OH is 1. The van der Waals surface area contributed by atoms with Crippen LogP contribution in [0.5, 0.6) is 0 Å². The number of nitrogens with zero attached hydrogens (tertiary/aromatic N) is 3. The molecule has 0 aromatic carbocycles. The van der Waals surface area contributed by atoms with Crippen LogP contribution in [-0.2, 0) is 11.2 Å². The number of amides is 1. The minimum absolute atomic E-state index is 0.0613. The van der Waals surface area contributed by atoms with Crippen molar-refractivity contribution < 1.29 is 9.90 Å². The molecule has 1 aliphatic heterocycles. The minimum atomic E-state index is -0.560. The van der Waals surface area contributed by atoms with E-state index in [2.05, 4.69) is 17.1 Å². The number of unbranched alkanes of at least 4 members (excludes halogenated alkanes) is 2. The zero-order valence-corrected chi connectivity index (χ0v) is 10.7. The van der Waals surface area contributed by atoms with Crippen molar-refractivity contribution >= 4 is 22.4 Å². The maximum absolute atomic E-state index is 11.6. The highest BCUT2D eigenvalue weighted by molar-refractivity contribution is 7.15. The smallest absolute Gasteiger partial charge is 0.231 e. The van der Waals surface area contributed by atoms with E-state index in [4.69, 9.17) is 0 Å². The number of rotatable bonds is 5. The Morgan fingerprint density at radius 1 is 1.47 bits per heavy atom. The summed E-state index contributed by atoms with van der Waals surface area (Å²) in [5.41, 5.74) is 0. The van der Waals surface area contributed by atoms with Crippen LogP contribution >= 0.6 is 11.3 Å². The number of hydrogen-bond donors (Lipinski definition) is 1. The summed E-state index contributed by atoms with van der Waals surface area (Å²) in [5, 5.41) is 19.1. The molecule has 1 aliphatic rings. The molecule has 1 fully saturated rings. The lowest BCUT2D eigenvalue weighted by Gasteiger charge is -2.09. The number of β-amino-alcohol motifs (C(OH)–C–C–N with tert-alkyl or cyclic N) is 1. The van der Waals surface area contributed by atoms with Crippen LogP contribution in [0.25, 0.3) is 0 Å². The molecule has 2 heterocycles. The largest absolute Gasteiger partial charge is 0.391 e. The van der Waals surface area contributed by atoms with Gasteiger partial charge in [-0.3, -0.25) is 9.69 Å². The molecule has 1 atom stereocenters. The summed E-state index contributed by atoms with van der Waals surface area (Å²) < 4.78 is 0. The normalized spacial score (nSPS) is 20.2. The predicted octanol–water partition coefficient (Wildman–Crippen LogP) is 1.37. The highest BCUT2D eigenvalue weighted by Crippen LogP contribution is 2.25. The molecule has 5 nitrogen and oxygen atoms in total. The Hall–Kier alpha value is -1.01. The molecule has 0 spiro atoms. The molecular formula is C11H17N3O2S. The van der Waals surface area contributed by atoms with Crippen molar-refractivity contribution in [3.8, 4) is 0 Å². The van der Waals surface area contributed by atoms with Crippen LogP contribution in [0.2, 0.25) is 0 Å². The molecule has 1 aromatic rings. The summed E-state index contributed by atoms with van der Waals surface area (Å²) in [7, 11) is 0. The monoisotopic (exact) mass is 255 g/mol. The highest BCUT2D eigenvalue weighted by atomic mass is 32.1. The Morgan fingerprint density at radius 2 is 2.29 bits per heavy atom. The van der Waals surface area contributed by atoms with E-state index in [9.17, 15) is 9.90 Å².